The lowest BCUT2D eigenvalue weighted by Crippen LogP contribution is -2.43. The first-order valence-electron chi connectivity index (χ1n) is 15.6. The number of pyridine rings is 2. The molecule has 0 spiro atoms. The second-order valence-corrected chi connectivity index (χ2v) is 13.7. The van der Waals surface area contributed by atoms with Crippen molar-refractivity contribution in [1.82, 2.24) is 24.8 Å². The molecule has 246 valence electrons. The first-order chi connectivity index (χ1) is 23.2. The summed E-state index contributed by atoms with van der Waals surface area (Å²) in [4.78, 5) is 22.0. The predicted octanol–water partition coefficient (Wildman–Crippen LogP) is 5.01. The van der Waals surface area contributed by atoms with E-state index in [1.54, 1.807) is 12.3 Å². The van der Waals surface area contributed by atoms with E-state index in [0.29, 0.717) is 31.0 Å². The number of likely N-dealkylation sites (N-methyl/N-ethyl adjacent to an activating group) is 1. The van der Waals surface area contributed by atoms with Gasteiger partial charge in [-0.2, -0.15) is 15.2 Å². The van der Waals surface area contributed by atoms with Gasteiger partial charge in [0, 0.05) is 37.2 Å². The number of nitriles is 1. The number of hydrogen-bond donors (Lipinski definition) is 2. The van der Waals surface area contributed by atoms with Gasteiger partial charge in [0.25, 0.3) is 0 Å². The van der Waals surface area contributed by atoms with Gasteiger partial charge in [-0.05, 0) is 55.6 Å². The summed E-state index contributed by atoms with van der Waals surface area (Å²) in [7, 11) is 1.82. The largest absolute Gasteiger partial charge is 0.475 e. The van der Waals surface area contributed by atoms with Gasteiger partial charge in [0.15, 0.2) is 5.82 Å². The second-order valence-electron chi connectivity index (χ2n) is 12.6. The zero-order valence-corrected chi connectivity index (χ0v) is 26.7. The molecule has 7 heterocycles. The number of hydrogen-bond acceptors (Lipinski definition) is 12. The number of aromatic nitrogens is 4. The van der Waals surface area contributed by atoms with Crippen LogP contribution in [0.1, 0.15) is 30.4 Å². The smallest absolute Gasteiger partial charge is 0.319 e. The maximum atomic E-state index is 16.9. The van der Waals surface area contributed by atoms with Gasteiger partial charge in [-0.1, -0.05) is 0 Å². The molecule has 3 aliphatic heterocycles. The molecule has 3 aliphatic rings. The number of nitrogens with zero attached hydrogens (tertiary/aromatic N) is 7. The van der Waals surface area contributed by atoms with E-state index >= 15 is 4.39 Å². The summed E-state index contributed by atoms with van der Waals surface area (Å²) in [6.45, 7) is 1.42. The molecule has 0 saturated carbocycles. The third kappa shape index (κ3) is 4.81. The number of nitrogens with two attached hydrogens (primary N) is 2. The lowest BCUT2D eigenvalue weighted by atomic mass is 9.95. The lowest BCUT2D eigenvalue weighted by molar-refractivity contribution is 0.107. The van der Waals surface area contributed by atoms with Crippen LogP contribution in [0.3, 0.4) is 0 Å². The maximum Gasteiger partial charge on any atom is 0.319 e. The molecule has 2 fully saturated rings. The highest BCUT2D eigenvalue weighted by Gasteiger charge is 2.49. The van der Waals surface area contributed by atoms with Gasteiger partial charge in [-0.3, -0.25) is 4.90 Å². The number of ether oxygens (including phenoxy) is 2. The molecule has 0 amide bonds. The van der Waals surface area contributed by atoms with E-state index in [4.69, 9.17) is 25.9 Å². The van der Waals surface area contributed by atoms with Gasteiger partial charge < -0.3 is 25.8 Å². The van der Waals surface area contributed by atoms with Crippen molar-refractivity contribution in [3.8, 4) is 29.2 Å². The van der Waals surface area contributed by atoms with Crippen molar-refractivity contribution in [2.45, 2.75) is 43.4 Å². The number of fused-ring (bicyclic) bond motifs is 2. The molecule has 48 heavy (non-hydrogen) atoms. The minimum Gasteiger partial charge on any atom is -0.475 e. The summed E-state index contributed by atoms with van der Waals surface area (Å²) >= 11 is 0.908. The Labute approximate surface area is 276 Å². The number of rotatable bonds is 6. The van der Waals surface area contributed by atoms with E-state index in [1.807, 2.05) is 24.1 Å². The highest BCUT2D eigenvalue weighted by atomic mass is 32.1. The Morgan fingerprint density at radius 3 is 2.85 bits per heavy atom. The average Bonchev–Trinajstić information content (AvgIpc) is 3.69. The topological polar surface area (TPSA) is 152 Å². The van der Waals surface area contributed by atoms with Gasteiger partial charge in [-0.25, -0.2) is 23.1 Å². The number of halogens is 3. The number of thiophene rings is 1. The molecular formula is C33H30F3N9O2S. The Morgan fingerprint density at radius 2 is 2.04 bits per heavy atom. The Kier molecular flexibility index (Phi) is 7.18. The van der Waals surface area contributed by atoms with Crippen LogP contribution < -0.4 is 25.8 Å². The van der Waals surface area contributed by atoms with Crippen LogP contribution in [0.4, 0.5) is 29.8 Å². The van der Waals surface area contributed by atoms with Crippen molar-refractivity contribution >= 4 is 49.0 Å². The fraction of sp³-hybridized carbons (Fsp3) is 0.364. The number of benzene rings is 1. The average molecular weight is 674 g/mol. The zero-order chi connectivity index (χ0) is 33.3. The molecule has 5 aromatic rings. The Balaban J connectivity index is 1.29. The van der Waals surface area contributed by atoms with E-state index in [0.717, 1.165) is 36.3 Å². The standard InChI is InChI=1S/C33H30F3N9O2S/c1-44-18(9-16-5-7-40-22(38)10-16)14-46-31-24-27(42-32(43-30(24)44)47-15-33-6-2-8-45(33)13-17(34)11-33)25(36)26(41-31)19-3-4-21(35)28-23(19)20(12-37)29(39)48-28/h3-5,7,10,17-18H,2,6,8-9,11,13-15,39H2,1H3,(H2,38,40)/t17-,18?,33+/m1/s1. The number of anilines is 3. The van der Waals surface area contributed by atoms with Crippen LogP contribution in [0, 0.1) is 23.0 Å². The molecule has 1 unspecified atom stereocenters. The quantitative estimate of drug-likeness (QED) is 0.250. The van der Waals surface area contributed by atoms with Crippen LogP contribution in [0.5, 0.6) is 11.9 Å². The first-order valence-corrected chi connectivity index (χ1v) is 16.4. The van der Waals surface area contributed by atoms with E-state index in [9.17, 15) is 14.0 Å². The molecule has 4 aromatic heterocycles. The zero-order valence-electron chi connectivity index (χ0n) is 25.8. The summed E-state index contributed by atoms with van der Waals surface area (Å²) < 4.78 is 59.0. The summed E-state index contributed by atoms with van der Waals surface area (Å²) in [6, 6.07) is 7.83. The highest BCUT2D eigenvalue weighted by Crippen LogP contribution is 2.45. The van der Waals surface area contributed by atoms with Gasteiger partial charge >= 0.3 is 6.01 Å². The summed E-state index contributed by atoms with van der Waals surface area (Å²) in [5.41, 5.74) is 12.3. The summed E-state index contributed by atoms with van der Waals surface area (Å²) in [5, 5.41) is 10.4. The van der Waals surface area contributed by atoms with Crippen molar-refractivity contribution in [2.75, 3.05) is 49.7 Å². The molecule has 4 N–H and O–H groups in total. The van der Waals surface area contributed by atoms with E-state index in [1.165, 1.54) is 12.1 Å². The third-order valence-corrected chi connectivity index (χ3v) is 10.8. The van der Waals surface area contributed by atoms with Crippen LogP contribution in [0.15, 0.2) is 30.5 Å². The first kappa shape index (κ1) is 30.4. The van der Waals surface area contributed by atoms with Crippen molar-refractivity contribution in [1.29, 1.82) is 5.26 Å². The molecule has 3 atom stereocenters. The molecule has 0 bridgehead atoms. The van der Waals surface area contributed by atoms with Crippen LogP contribution >= 0.6 is 11.3 Å². The molecule has 8 rings (SSSR count). The van der Waals surface area contributed by atoms with Gasteiger partial charge in [0.05, 0.1) is 21.8 Å². The van der Waals surface area contributed by atoms with Crippen molar-refractivity contribution in [3.05, 3.63) is 53.2 Å². The molecular weight excluding hydrogens is 643 g/mol. The van der Waals surface area contributed by atoms with Gasteiger partial charge in [0.1, 0.15) is 64.5 Å². The van der Waals surface area contributed by atoms with Crippen LogP contribution in [0.25, 0.3) is 32.2 Å². The molecule has 11 nitrogen and oxygen atoms in total. The van der Waals surface area contributed by atoms with E-state index in [-0.39, 0.29) is 74.0 Å². The Hall–Kier alpha value is -4.94. The summed E-state index contributed by atoms with van der Waals surface area (Å²) in [6.07, 6.45) is 3.21. The summed E-state index contributed by atoms with van der Waals surface area (Å²) in [5.74, 6) is -0.633. The molecule has 0 radical (unpaired) electrons. The normalized spacial score (nSPS) is 22.1. The highest BCUT2D eigenvalue weighted by molar-refractivity contribution is 7.23. The SMILES string of the molecule is CN1c2nc(OC[C@@]34CCCN3C[C@H](F)C4)nc3c(F)c(-c4ccc(F)c5sc(N)c(C#N)c45)nc(c23)OCC1Cc1ccnc(N)c1. The third-order valence-electron chi connectivity index (χ3n) is 9.74. The van der Waals surface area contributed by atoms with Crippen molar-refractivity contribution in [2.24, 2.45) is 0 Å². The molecule has 2 saturated heterocycles. The minimum absolute atomic E-state index is 0.0320. The van der Waals surface area contributed by atoms with E-state index in [2.05, 4.69) is 19.9 Å². The Morgan fingerprint density at radius 1 is 1.19 bits per heavy atom. The predicted molar refractivity (Wildman–Crippen MR) is 176 cm³/mol. The Bertz CT molecular complexity index is 2160. The number of nitrogen functional groups attached to an aromatic ring is 2. The minimum atomic E-state index is -0.951. The second kappa shape index (κ2) is 11.3. The maximum absolute atomic E-state index is 16.9. The molecule has 0 aliphatic carbocycles. The van der Waals surface area contributed by atoms with Gasteiger partial charge in [-0.15, -0.1) is 11.3 Å². The van der Waals surface area contributed by atoms with Crippen LogP contribution in [0.2, 0.25) is 0 Å². The number of alkyl halides is 1. The van der Waals surface area contributed by atoms with Gasteiger partial charge in [0.2, 0.25) is 5.88 Å². The fourth-order valence-electron chi connectivity index (χ4n) is 7.40. The van der Waals surface area contributed by atoms with Crippen molar-refractivity contribution in [3.63, 3.8) is 0 Å². The molecule has 1 aromatic carbocycles. The fourth-order valence-corrected chi connectivity index (χ4v) is 8.35. The molecule has 15 heteroatoms. The van der Waals surface area contributed by atoms with Crippen LogP contribution in [-0.2, 0) is 6.42 Å². The van der Waals surface area contributed by atoms with Crippen LogP contribution in [-0.4, -0.2) is 75.9 Å². The lowest BCUT2D eigenvalue weighted by Gasteiger charge is -2.31. The van der Waals surface area contributed by atoms with E-state index < -0.39 is 23.3 Å². The van der Waals surface area contributed by atoms with Crippen molar-refractivity contribution < 1.29 is 22.6 Å². The monoisotopic (exact) mass is 673 g/mol.